The van der Waals surface area contributed by atoms with Gasteiger partial charge in [-0.2, -0.15) is 0 Å². The molecule has 106 valence electrons. The van der Waals surface area contributed by atoms with Crippen LogP contribution in [0.5, 0.6) is 5.75 Å². The monoisotopic (exact) mass is 271 g/mol. The Morgan fingerprint density at radius 1 is 1.42 bits per heavy atom. The molecule has 0 fully saturated rings. The summed E-state index contributed by atoms with van der Waals surface area (Å²) < 4.78 is 30.1. The molecule has 0 aliphatic carbocycles. The molecule has 0 heterocycles. The molecule has 1 aromatic rings. The van der Waals surface area contributed by atoms with Gasteiger partial charge in [0.1, 0.15) is 5.75 Å². The maximum atomic E-state index is 12.3. The molecule has 0 radical (unpaired) electrons. The van der Waals surface area contributed by atoms with Gasteiger partial charge in [0.05, 0.1) is 13.2 Å². The lowest BCUT2D eigenvalue weighted by atomic mass is 10.1. The van der Waals surface area contributed by atoms with Crippen LogP contribution >= 0.6 is 0 Å². The molecule has 0 N–H and O–H groups in total. The van der Waals surface area contributed by atoms with Gasteiger partial charge in [-0.15, -0.1) is 0 Å². The summed E-state index contributed by atoms with van der Waals surface area (Å²) in [6.45, 7) is 3.83. The summed E-state index contributed by atoms with van der Waals surface area (Å²) in [5, 5.41) is 0. The van der Waals surface area contributed by atoms with E-state index in [1.165, 1.54) is 11.8 Å². The summed E-state index contributed by atoms with van der Waals surface area (Å²) in [4.78, 5) is 12.9. The van der Waals surface area contributed by atoms with Crippen LogP contribution in [0.3, 0.4) is 0 Å². The number of ether oxygens (including phenoxy) is 1. The predicted octanol–water partition coefficient (Wildman–Crippen LogP) is 2.98. The number of benzene rings is 1. The topological polar surface area (TPSA) is 29.5 Å². The zero-order chi connectivity index (χ0) is 14.4. The molecule has 1 aromatic carbocycles. The molecule has 0 saturated carbocycles. The van der Waals surface area contributed by atoms with Crippen molar-refractivity contribution in [3.63, 3.8) is 0 Å². The Labute approximate surface area is 112 Å². The molecule has 0 spiro atoms. The first kappa shape index (κ1) is 15.6. The van der Waals surface area contributed by atoms with E-state index in [-0.39, 0.29) is 12.3 Å². The van der Waals surface area contributed by atoms with Gasteiger partial charge in [0.15, 0.2) is 5.78 Å². The summed E-state index contributed by atoms with van der Waals surface area (Å²) in [5.41, 5.74) is 1.31. The largest absolute Gasteiger partial charge is 0.494 e. The van der Waals surface area contributed by atoms with E-state index in [4.69, 9.17) is 4.74 Å². The average Bonchev–Trinajstić information content (AvgIpc) is 2.30. The van der Waals surface area contributed by atoms with Crippen LogP contribution in [0.15, 0.2) is 18.2 Å². The molecule has 3 nitrogen and oxygen atoms in total. The fourth-order valence-corrected chi connectivity index (χ4v) is 1.81. The van der Waals surface area contributed by atoms with Crippen molar-refractivity contribution in [2.75, 3.05) is 20.2 Å². The molecule has 5 heteroatoms. The predicted molar refractivity (Wildman–Crippen MR) is 70.0 cm³/mol. The standard InChI is InChI=1S/C14H19F2NO2/c1-4-19-13-6-5-11(10(2)18)7-12(13)8-17(3)9-14(15)16/h5-7,14H,4,8-9H2,1-3H3. The number of carbonyl (C=O) groups excluding carboxylic acids is 1. The number of ketones is 1. The van der Waals surface area contributed by atoms with Crippen molar-refractivity contribution in [3.05, 3.63) is 29.3 Å². The smallest absolute Gasteiger partial charge is 0.251 e. The van der Waals surface area contributed by atoms with Crippen LogP contribution in [-0.4, -0.2) is 37.3 Å². The highest BCUT2D eigenvalue weighted by molar-refractivity contribution is 5.94. The van der Waals surface area contributed by atoms with E-state index < -0.39 is 6.43 Å². The lowest BCUT2D eigenvalue weighted by Gasteiger charge is -2.19. The minimum atomic E-state index is -2.38. The van der Waals surface area contributed by atoms with Crippen LogP contribution in [0.2, 0.25) is 0 Å². The lowest BCUT2D eigenvalue weighted by Crippen LogP contribution is -2.24. The molecule has 19 heavy (non-hydrogen) atoms. The molecule has 0 aromatic heterocycles. The van der Waals surface area contributed by atoms with Gasteiger partial charge in [-0.3, -0.25) is 9.69 Å². The quantitative estimate of drug-likeness (QED) is 0.714. The van der Waals surface area contributed by atoms with Crippen molar-refractivity contribution in [1.82, 2.24) is 4.90 Å². The zero-order valence-corrected chi connectivity index (χ0v) is 11.5. The summed E-state index contributed by atoms with van der Waals surface area (Å²) in [5.74, 6) is 0.578. The molecule has 0 unspecified atom stereocenters. The molecule has 0 bridgehead atoms. The lowest BCUT2D eigenvalue weighted by molar-refractivity contribution is 0.0966. The van der Waals surface area contributed by atoms with Crippen molar-refractivity contribution in [1.29, 1.82) is 0 Å². The number of Topliss-reactive ketones (excluding diaryl/α,β-unsaturated/α-hetero) is 1. The van der Waals surface area contributed by atoms with Crippen LogP contribution in [0.1, 0.15) is 29.8 Å². The number of hydrogen-bond acceptors (Lipinski definition) is 3. The van der Waals surface area contributed by atoms with Crippen LogP contribution in [-0.2, 0) is 6.54 Å². The highest BCUT2D eigenvalue weighted by Crippen LogP contribution is 2.22. The van der Waals surface area contributed by atoms with Gasteiger partial charge in [-0.05, 0) is 39.1 Å². The highest BCUT2D eigenvalue weighted by Gasteiger charge is 2.13. The maximum absolute atomic E-state index is 12.3. The fraction of sp³-hybridized carbons (Fsp3) is 0.500. The average molecular weight is 271 g/mol. The molecule has 0 amide bonds. The van der Waals surface area contributed by atoms with Crippen molar-refractivity contribution in [3.8, 4) is 5.75 Å². The van der Waals surface area contributed by atoms with Gasteiger partial charge in [0.25, 0.3) is 6.43 Å². The van der Waals surface area contributed by atoms with Crippen molar-refractivity contribution >= 4 is 5.78 Å². The molecule has 1 rings (SSSR count). The number of carbonyl (C=O) groups is 1. The van der Waals surface area contributed by atoms with Crippen molar-refractivity contribution in [2.24, 2.45) is 0 Å². The molecule has 0 saturated heterocycles. The van der Waals surface area contributed by atoms with Gasteiger partial charge < -0.3 is 4.74 Å². The summed E-state index contributed by atoms with van der Waals surface area (Å²) >= 11 is 0. The van der Waals surface area contributed by atoms with Gasteiger partial charge in [0, 0.05) is 17.7 Å². The van der Waals surface area contributed by atoms with E-state index >= 15 is 0 Å². The summed E-state index contributed by atoms with van der Waals surface area (Å²) in [6.07, 6.45) is -2.38. The second-order valence-electron chi connectivity index (χ2n) is 4.40. The second-order valence-corrected chi connectivity index (χ2v) is 4.40. The van der Waals surface area contributed by atoms with Gasteiger partial charge >= 0.3 is 0 Å². The van der Waals surface area contributed by atoms with E-state index in [2.05, 4.69) is 0 Å². The van der Waals surface area contributed by atoms with Crippen LogP contribution in [0.4, 0.5) is 8.78 Å². The van der Waals surface area contributed by atoms with Crippen molar-refractivity contribution in [2.45, 2.75) is 26.8 Å². The number of nitrogens with zero attached hydrogens (tertiary/aromatic N) is 1. The number of hydrogen-bond donors (Lipinski definition) is 0. The molecular weight excluding hydrogens is 252 g/mol. The first-order chi connectivity index (χ1) is 8.93. The molecule has 0 aliphatic heterocycles. The Bertz CT molecular complexity index is 435. The first-order valence-electron chi connectivity index (χ1n) is 6.17. The third-order valence-electron chi connectivity index (χ3n) is 2.66. The first-order valence-corrected chi connectivity index (χ1v) is 6.17. The maximum Gasteiger partial charge on any atom is 0.251 e. The summed E-state index contributed by atoms with van der Waals surface area (Å²) in [7, 11) is 1.61. The normalized spacial score (nSPS) is 11.1. The van der Waals surface area contributed by atoms with Gasteiger partial charge in [0.2, 0.25) is 0 Å². The van der Waals surface area contributed by atoms with Gasteiger partial charge in [-0.1, -0.05) is 0 Å². The van der Waals surface area contributed by atoms with Crippen LogP contribution < -0.4 is 4.74 Å². The Balaban J connectivity index is 2.93. The van der Waals surface area contributed by atoms with Crippen molar-refractivity contribution < 1.29 is 18.3 Å². The third-order valence-corrected chi connectivity index (χ3v) is 2.66. The molecule has 0 aliphatic rings. The third kappa shape index (κ3) is 4.95. The van der Waals surface area contributed by atoms with E-state index in [1.54, 1.807) is 25.2 Å². The Morgan fingerprint density at radius 2 is 2.11 bits per heavy atom. The van der Waals surface area contributed by atoms with E-state index in [0.29, 0.717) is 24.5 Å². The van der Waals surface area contributed by atoms with E-state index in [9.17, 15) is 13.6 Å². The molecule has 0 atom stereocenters. The number of halogens is 2. The minimum absolute atomic E-state index is 0.0548. The Morgan fingerprint density at radius 3 is 2.63 bits per heavy atom. The zero-order valence-electron chi connectivity index (χ0n) is 11.5. The Hall–Kier alpha value is -1.49. The Kier molecular flexibility index (Phi) is 5.89. The molecular formula is C14H19F2NO2. The van der Waals surface area contributed by atoms with E-state index in [0.717, 1.165) is 5.56 Å². The van der Waals surface area contributed by atoms with E-state index in [1.807, 2.05) is 6.92 Å². The van der Waals surface area contributed by atoms with Gasteiger partial charge in [-0.25, -0.2) is 8.78 Å². The van der Waals surface area contributed by atoms with Crippen LogP contribution in [0, 0.1) is 0 Å². The second kappa shape index (κ2) is 7.19. The minimum Gasteiger partial charge on any atom is -0.494 e. The fourth-order valence-electron chi connectivity index (χ4n) is 1.81. The SMILES string of the molecule is CCOc1ccc(C(C)=O)cc1CN(C)CC(F)F. The summed E-state index contributed by atoms with van der Waals surface area (Å²) in [6, 6.07) is 5.10. The highest BCUT2D eigenvalue weighted by atomic mass is 19.3. The number of alkyl halides is 2. The number of rotatable bonds is 7. The van der Waals surface area contributed by atoms with Crippen LogP contribution in [0.25, 0.3) is 0 Å².